The van der Waals surface area contributed by atoms with Crippen LogP contribution in [0.2, 0.25) is 0 Å². The minimum absolute atomic E-state index is 0.200. The molecule has 0 aliphatic carbocycles. The normalized spacial score (nSPS) is 10.7. The van der Waals surface area contributed by atoms with E-state index in [0.29, 0.717) is 23.9 Å². The Bertz CT molecular complexity index is 608. The molecule has 0 radical (unpaired) electrons. The summed E-state index contributed by atoms with van der Waals surface area (Å²) in [6.45, 7) is 5.09. The van der Waals surface area contributed by atoms with E-state index in [-0.39, 0.29) is 12.6 Å². The lowest BCUT2D eigenvalue weighted by Crippen LogP contribution is -2.25. The number of hydrogen-bond donors (Lipinski definition) is 2. The second kappa shape index (κ2) is 7.89. The fourth-order valence-corrected chi connectivity index (χ4v) is 2.02. The van der Waals surface area contributed by atoms with Crippen molar-refractivity contribution in [2.75, 3.05) is 12.3 Å². The summed E-state index contributed by atoms with van der Waals surface area (Å²) < 4.78 is 7.25. The highest BCUT2D eigenvalue weighted by Crippen LogP contribution is 2.18. The Labute approximate surface area is 136 Å². The third-order valence-corrected chi connectivity index (χ3v) is 3.40. The van der Waals surface area contributed by atoms with Crippen molar-refractivity contribution >= 4 is 18.5 Å². The molecular formula is C16H21N3O2S. The lowest BCUT2D eigenvalue weighted by molar-refractivity contribution is 0.0949. The van der Waals surface area contributed by atoms with E-state index in [2.05, 4.69) is 49.0 Å². The number of carbonyl (C=O) groups is 1. The Morgan fingerprint density at radius 1 is 1.32 bits per heavy atom. The maximum Gasteiger partial charge on any atom is 0.271 e. The number of amides is 1. The Hall–Kier alpha value is -1.95. The largest absolute Gasteiger partial charge is 0.471 e. The number of thiol groups is 1. The molecule has 1 N–H and O–H groups in total. The number of aromatic nitrogens is 2. The summed E-state index contributed by atoms with van der Waals surface area (Å²) in [7, 11) is 0. The van der Waals surface area contributed by atoms with Crippen LogP contribution in [0.3, 0.4) is 0 Å². The number of benzene rings is 1. The Morgan fingerprint density at radius 2 is 2.05 bits per heavy atom. The number of rotatable bonds is 7. The molecule has 1 aromatic carbocycles. The van der Waals surface area contributed by atoms with Crippen LogP contribution in [0, 0.1) is 0 Å². The SMILES string of the molecule is CC(C)c1ccc(OCn2ccc(C(=O)NCCS)n2)cc1. The maximum atomic E-state index is 11.7. The van der Waals surface area contributed by atoms with E-state index in [1.807, 2.05) is 12.1 Å². The van der Waals surface area contributed by atoms with Crippen molar-refractivity contribution < 1.29 is 9.53 Å². The lowest BCUT2D eigenvalue weighted by Gasteiger charge is -2.09. The summed E-state index contributed by atoms with van der Waals surface area (Å²) in [5.41, 5.74) is 1.65. The fourth-order valence-electron chi connectivity index (χ4n) is 1.90. The molecule has 0 atom stereocenters. The minimum atomic E-state index is -0.200. The summed E-state index contributed by atoms with van der Waals surface area (Å²) in [6, 6.07) is 9.66. The van der Waals surface area contributed by atoms with Gasteiger partial charge in [-0.1, -0.05) is 26.0 Å². The molecule has 1 amide bonds. The van der Waals surface area contributed by atoms with Crippen LogP contribution in [0.25, 0.3) is 0 Å². The molecule has 0 bridgehead atoms. The highest BCUT2D eigenvalue weighted by molar-refractivity contribution is 7.80. The van der Waals surface area contributed by atoms with Gasteiger partial charge in [-0.3, -0.25) is 4.79 Å². The maximum absolute atomic E-state index is 11.7. The van der Waals surface area contributed by atoms with Gasteiger partial charge < -0.3 is 10.1 Å². The molecule has 0 saturated heterocycles. The first-order valence-corrected chi connectivity index (χ1v) is 7.88. The smallest absolute Gasteiger partial charge is 0.271 e. The average molecular weight is 319 g/mol. The quantitative estimate of drug-likeness (QED) is 0.772. The average Bonchev–Trinajstić information content (AvgIpc) is 3.00. The third-order valence-electron chi connectivity index (χ3n) is 3.18. The Balaban J connectivity index is 1.89. The van der Waals surface area contributed by atoms with E-state index in [0.717, 1.165) is 5.75 Å². The van der Waals surface area contributed by atoms with Gasteiger partial charge in [-0.15, -0.1) is 0 Å². The number of nitrogens with one attached hydrogen (secondary N) is 1. The molecule has 0 saturated carbocycles. The third kappa shape index (κ3) is 4.53. The van der Waals surface area contributed by atoms with Crippen molar-refractivity contribution in [2.45, 2.75) is 26.5 Å². The van der Waals surface area contributed by atoms with Gasteiger partial charge in [0.05, 0.1) is 0 Å². The van der Waals surface area contributed by atoms with E-state index in [9.17, 15) is 4.79 Å². The van der Waals surface area contributed by atoms with Crippen molar-refractivity contribution in [3.8, 4) is 5.75 Å². The predicted octanol–water partition coefficient (Wildman–Crippen LogP) is 2.70. The minimum Gasteiger partial charge on any atom is -0.471 e. The van der Waals surface area contributed by atoms with E-state index < -0.39 is 0 Å². The predicted molar refractivity (Wildman–Crippen MR) is 89.6 cm³/mol. The summed E-state index contributed by atoms with van der Waals surface area (Å²) in [6.07, 6.45) is 1.72. The van der Waals surface area contributed by atoms with Crippen LogP contribution in [0.4, 0.5) is 0 Å². The first-order valence-electron chi connectivity index (χ1n) is 7.25. The summed E-state index contributed by atoms with van der Waals surface area (Å²) >= 11 is 4.05. The molecule has 0 aliphatic heterocycles. The lowest BCUT2D eigenvalue weighted by atomic mass is 10.0. The highest BCUT2D eigenvalue weighted by Gasteiger charge is 2.08. The van der Waals surface area contributed by atoms with E-state index in [4.69, 9.17) is 4.74 Å². The van der Waals surface area contributed by atoms with Crippen molar-refractivity contribution in [2.24, 2.45) is 0 Å². The van der Waals surface area contributed by atoms with Gasteiger partial charge in [0.15, 0.2) is 6.73 Å². The van der Waals surface area contributed by atoms with E-state index in [1.165, 1.54) is 5.56 Å². The number of nitrogens with zero attached hydrogens (tertiary/aromatic N) is 2. The number of ether oxygens (including phenoxy) is 1. The molecule has 0 fully saturated rings. The first kappa shape index (κ1) is 16.4. The summed E-state index contributed by atoms with van der Waals surface area (Å²) in [5.74, 6) is 1.68. The van der Waals surface area contributed by atoms with Gasteiger partial charge >= 0.3 is 0 Å². The molecule has 0 spiro atoms. The van der Waals surface area contributed by atoms with Gasteiger partial charge in [-0.25, -0.2) is 4.68 Å². The van der Waals surface area contributed by atoms with Crippen LogP contribution >= 0.6 is 12.6 Å². The summed E-state index contributed by atoms with van der Waals surface area (Å²) in [5, 5.41) is 6.90. The molecule has 6 heteroatoms. The van der Waals surface area contributed by atoms with Crippen molar-refractivity contribution in [1.29, 1.82) is 0 Å². The molecule has 1 aromatic heterocycles. The zero-order valence-electron chi connectivity index (χ0n) is 12.8. The van der Waals surface area contributed by atoms with Crippen LogP contribution in [-0.2, 0) is 6.73 Å². The van der Waals surface area contributed by atoms with Gasteiger partial charge in [0.25, 0.3) is 5.91 Å². The number of hydrogen-bond acceptors (Lipinski definition) is 4. The Morgan fingerprint density at radius 3 is 2.68 bits per heavy atom. The van der Waals surface area contributed by atoms with Gasteiger partial charge in [0.1, 0.15) is 11.4 Å². The van der Waals surface area contributed by atoms with Crippen LogP contribution in [-0.4, -0.2) is 28.0 Å². The van der Waals surface area contributed by atoms with Gasteiger partial charge in [-0.05, 0) is 29.7 Å². The molecule has 2 rings (SSSR count). The Kier molecular flexibility index (Phi) is 5.89. The number of carbonyl (C=O) groups excluding carboxylic acids is 1. The zero-order valence-corrected chi connectivity index (χ0v) is 13.7. The fraction of sp³-hybridized carbons (Fsp3) is 0.375. The molecule has 118 valence electrons. The van der Waals surface area contributed by atoms with E-state index >= 15 is 0 Å². The molecule has 22 heavy (non-hydrogen) atoms. The van der Waals surface area contributed by atoms with Gasteiger partial charge in [0.2, 0.25) is 0 Å². The van der Waals surface area contributed by atoms with Crippen LogP contribution in [0.5, 0.6) is 5.75 Å². The molecule has 1 heterocycles. The first-order chi connectivity index (χ1) is 10.6. The van der Waals surface area contributed by atoms with E-state index in [1.54, 1.807) is 16.9 Å². The second-order valence-corrected chi connectivity index (χ2v) is 5.66. The molecule has 0 aliphatic rings. The van der Waals surface area contributed by atoms with Crippen LogP contribution in [0.15, 0.2) is 36.5 Å². The second-order valence-electron chi connectivity index (χ2n) is 5.22. The highest BCUT2D eigenvalue weighted by atomic mass is 32.1. The van der Waals surface area contributed by atoms with Crippen LogP contribution in [0.1, 0.15) is 35.8 Å². The van der Waals surface area contributed by atoms with Crippen molar-refractivity contribution in [1.82, 2.24) is 15.1 Å². The topological polar surface area (TPSA) is 56.1 Å². The molecular weight excluding hydrogens is 298 g/mol. The van der Waals surface area contributed by atoms with Crippen molar-refractivity contribution in [3.63, 3.8) is 0 Å². The van der Waals surface area contributed by atoms with Crippen LogP contribution < -0.4 is 10.1 Å². The monoisotopic (exact) mass is 319 g/mol. The summed E-state index contributed by atoms with van der Waals surface area (Å²) in [4.78, 5) is 11.7. The molecule has 5 nitrogen and oxygen atoms in total. The zero-order chi connectivity index (χ0) is 15.9. The van der Waals surface area contributed by atoms with Crippen molar-refractivity contribution in [3.05, 3.63) is 47.8 Å². The van der Waals surface area contributed by atoms with Gasteiger partial charge in [0, 0.05) is 18.5 Å². The standard InChI is InChI=1S/C16H21N3O2S/c1-12(2)13-3-5-14(6-4-13)21-11-19-9-7-15(18-19)16(20)17-8-10-22/h3-7,9,12,22H,8,10-11H2,1-2H3,(H,17,20). The van der Waals surface area contributed by atoms with Gasteiger partial charge in [-0.2, -0.15) is 17.7 Å². The molecule has 2 aromatic rings. The molecule has 0 unspecified atom stereocenters.